The summed E-state index contributed by atoms with van der Waals surface area (Å²) in [7, 11) is 0. The highest BCUT2D eigenvalue weighted by Gasteiger charge is 2.04. The predicted molar refractivity (Wildman–Crippen MR) is 78.0 cm³/mol. The number of ether oxygens (including phenoxy) is 1. The lowest BCUT2D eigenvalue weighted by molar-refractivity contribution is -0.384. The normalized spacial score (nSPS) is 10.7. The lowest BCUT2D eigenvalue weighted by atomic mass is 10.2. The average Bonchev–Trinajstić information content (AvgIpc) is 2.47. The third-order valence-corrected chi connectivity index (χ3v) is 2.61. The molecule has 0 heterocycles. The molecule has 0 saturated carbocycles. The van der Waals surface area contributed by atoms with E-state index in [0.29, 0.717) is 12.3 Å². The van der Waals surface area contributed by atoms with Gasteiger partial charge in [0.15, 0.2) is 0 Å². The highest BCUT2D eigenvalue weighted by molar-refractivity contribution is 5.85. The largest absolute Gasteiger partial charge is 0.493 e. The third-order valence-electron chi connectivity index (χ3n) is 2.61. The van der Waals surface area contributed by atoms with Crippen LogP contribution in [0.25, 0.3) is 0 Å². The monoisotopic (exact) mass is 270 g/mol. The van der Waals surface area contributed by atoms with Crippen molar-refractivity contribution in [2.24, 2.45) is 4.99 Å². The van der Waals surface area contributed by atoms with Gasteiger partial charge in [-0.15, -0.1) is 0 Å². The van der Waals surface area contributed by atoms with Crippen molar-refractivity contribution in [2.45, 2.75) is 6.92 Å². The minimum atomic E-state index is -0.437. The summed E-state index contributed by atoms with van der Waals surface area (Å²) in [6, 6.07) is 13.7. The molecule has 0 aliphatic heterocycles. The van der Waals surface area contributed by atoms with Crippen molar-refractivity contribution in [3.8, 4) is 5.75 Å². The maximum atomic E-state index is 10.7. The number of nitro benzene ring substituents is 1. The van der Waals surface area contributed by atoms with Gasteiger partial charge in [0.25, 0.3) is 5.69 Å². The highest BCUT2D eigenvalue weighted by atomic mass is 16.6. The van der Waals surface area contributed by atoms with Gasteiger partial charge in [0, 0.05) is 23.9 Å². The molecule has 0 spiro atoms. The van der Waals surface area contributed by atoms with Crippen molar-refractivity contribution in [3.63, 3.8) is 0 Å². The van der Waals surface area contributed by atoms with E-state index in [1.54, 1.807) is 18.3 Å². The second-order valence-corrected chi connectivity index (χ2v) is 4.01. The summed E-state index contributed by atoms with van der Waals surface area (Å²) in [6.45, 7) is 2.48. The summed E-state index contributed by atoms with van der Waals surface area (Å²) in [5.41, 5.74) is 1.39. The van der Waals surface area contributed by atoms with E-state index in [2.05, 4.69) is 4.99 Å². The molecule has 2 rings (SSSR count). The Morgan fingerprint density at radius 2 is 2.05 bits per heavy atom. The lowest BCUT2D eigenvalue weighted by Crippen LogP contribution is -1.95. The fourth-order valence-corrected chi connectivity index (χ4v) is 1.71. The molecule has 0 unspecified atom stereocenters. The van der Waals surface area contributed by atoms with Crippen molar-refractivity contribution in [3.05, 3.63) is 64.2 Å². The van der Waals surface area contributed by atoms with Crippen LogP contribution in [0, 0.1) is 10.1 Å². The van der Waals surface area contributed by atoms with E-state index in [4.69, 9.17) is 4.74 Å². The van der Waals surface area contributed by atoms with E-state index in [9.17, 15) is 10.1 Å². The van der Waals surface area contributed by atoms with Gasteiger partial charge < -0.3 is 4.74 Å². The number of rotatable bonds is 5. The van der Waals surface area contributed by atoms with E-state index in [1.165, 1.54) is 12.1 Å². The minimum Gasteiger partial charge on any atom is -0.493 e. The number of benzene rings is 2. The van der Waals surface area contributed by atoms with E-state index in [-0.39, 0.29) is 5.69 Å². The SMILES string of the molecule is CCOc1ccccc1C=Nc1cccc([N+](=O)[O-])c1. The Balaban J connectivity index is 2.25. The Morgan fingerprint density at radius 1 is 1.25 bits per heavy atom. The van der Waals surface area contributed by atoms with Gasteiger partial charge in [-0.05, 0) is 25.1 Å². The van der Waals surface area contributed by atoms with Crippen LogP contribution < -0.4 is 4.74 Å². The Hall–Kier alpha value is -2.69. The smallest absolute Gasteiger partial charge is 0.271 e. The van der Waals surface area contributed by atoms with Gasteiger partial charge in [-0.1, -0.05) is 18.2 Å². The summed E-state index contributed by atoms with van der Waals surface area (Å²) in [4.78, 5) is 14.5. The van der Waals surface area contributed by atoms with Gasteiger partial charge in [-0.25, -0.2) is 0 Å². The molecule has 0 radical (unpaired) electrons. The number of non-ortho nitro benzene ring substituents is 1. The number of para-hydroxylation sites is 1. The highest BCUT2D eigenvalue weighted by Crippen LogP contribution is 2.21. The van der Waals surface area contributed by atoms with E-state index < -0.39 is 4.92 Å². The van der Waals surface area contributed by atoms with Crippen LogP contribution in [0.3, 0.4) is 0 Å². The summed E-state index contributed by atoms with van der Waals surface area (Å²) in [5.74, 6) is 0.740. The summed E-state index contributed by atoms with van der Waals surface area (Å²) < 4.78 is 5.49. The van der Waals surface area contributed by atoms with Crippen molar-refractivity contribution in [1.29, 1.82) is 0 Å². The average molecular weight is 270 g/mol. The molecule has 5 heteroatoms. The number of nitrogens with zero attached hydrogens (tertiary/aromatic N) is 2. The van der Waals surface area contributed by atoms with Crippen LogP contribution in [-0.4, -0.2) is 17.7 Å². The minimum absolute atomic E-state index is 0.0257. The Bertz CT molecular complexity index is 639. The Morgan fingerprint density at radius 3 is 2.80 bits per heavy atom. The van der Waals surface area contributed by atoms with Crippen LogP contribution in [0.2, 0.25) is 0 Å². The molecule has 0 aliphatic rings. The van der Waals surface area contributed by atoms with Crippen LogP contribution in [-0.2, 0) is 0 Å². The van der Waals surface area contributed by atoms with Gasteiger partial charge in [-0.2, -0.15) is 0 Å². The molecule has 2 aromatic rings. The Kier molecular flexibility index (Phi) is 4.44. The summed E-state index contributed by atoms with van der Waals surface area (Å²) >= 11 is 0. The first kappa shape index (κ1) is 13.7. The van der Waals surface area contributed by atoms with E-state index in [0.717, 1.165) is 11.3 Å². The number of hydrogen-bond donors (Lipinski definition) is 0. The molecule has 0 aromatic heterocycles. The third kappa shape index (κ3) is 3.41. The zero-order valence-electron chi connectivity index (χ0n) is 11.0. The van der Waals surface area contributed by atoms with Gasteiger partial charge in [0.05, 0.1) is 17.2 Å². The zero-order valence-corrected chi connectivity index (χ0v) is 11.0. The van der Waals surface area contributed by atoms with Crippen LogP contribution >= 0.6 is 0 Å². The predicted octanol–water partition coefficient (Wildman–Crippen LogP) is 3.74. The van der Waals surface area contributed by atoms with Crippen LogP contribution in [0.1, 0.15) is 12.5 Å². The molecule has 2 aromatic carbocycles. The first-order valence-electron chi connectivity index (χ1n) is 6.21. The second kappa shape index (κ2) is 6.47. The molecule has 0 saturated heterocycles. The van der Waals surface area contributed by atoms with E-state index in [1.807, 2.05) is 31.2 Å². The molecule has 0 aliphatic carbocycles. The first-order valence-corrected chi connectivity index (χ1v) is 6.21. The lowest BCUT2D eigenvalue weighted by Gasteiger charge is -2.05. The topological polar surface area (TPSA) is 64.7 Å². The Labute approximate surface area is 116 Å². The van der Waals surface area contributed by atoms with Crippen molar-refractivity contribution in [1.82, 2.24) is 0 Å². The molecule has 102 valence electrons. The number of aliphatic imine (C=N–C) groups is 1. The maximum Gasteiger partial charge on any atom is 0.271 e. The second-order valence-electron chi connectivity index (χ2n) is 4.01. The van der Waals surface area contributed by atoms with Gasteiger partial charge >= 0.3 is 0 Å². The maximum absolute atomic E-state index is 10.7. The van der Waals surface area contributed by atoms with Crippen molar-refractivity contribution in [2.75, 3.05) is 6.61 Å². The molecule has 0 atom stereocenters. The molecular weight excluding hydrogens is 256 g/mol. The summed E-state index contributed by atoms with van der Waals surface area (Å²) in [5, 5.41) is 10.7. The molecular formula is C15H14N2O3. The first-order chi connectivity index (χ1) is 9.70. The fourth-order valence-electron chi connectivity index (χ4n) is 1.71. The molecule has 0 amide bonds. The van der Waals surface area contributed by atoms with Crippen LogP contribution in [0.15, 0.2) is 53.5 Å². The van der Waals surface area contributed by atoms with Crippen molar-refractivity contribution >= 4 is 17.6 Å². The number of nitro groups is 1. The van der Waals surface area contributed by atoms with Gasteiger partial charge in [0.2, 0.25) is 0 Å². The van der Waals surface area contributed by atoms with Crippen LogP contribution in [0.5, 0.6) is 5.75 Å². The molecule has 0 bridgehead atoms. The molecule has 20 heavy (non-hydrogen) atoms. The molecule has 0 N–H and O–H groups in total. The van der Waals surface area contributed by atoms with E-state index >= 15 is 0 Å². The molecule has 5 nitrogen and oxygen atoms in total. The van der Waals surface area contributed by atoms with Crippen molar-refractivity contribution < 1.29 is 9.66 Å². The molecule has 0 fully saturated rings. The number of hydrogen-bond acceptors (Lipinski definition) is 4. The zero-order chi connectivity index (χ0) is 14.4. The quantitative estimate of drug-likeness (QED) is 0.472. The van der Waals surface area contributed by atoms with Crippen LogP contribution in [0.4, 0.5) is 11.4 Å². The van der Waals surface area contributed by atoms with Gasteiger partial charge in [0.1, 0.15) is 5.75 Å². The van der Waals surface area contributed by atoms with Gasteiger partial charge in [-0.3, -0.25) is 15.1 Å². The summed E-state index contributed by atoms with van der Waals surface area (Å²) in [6.07, 6.45) is 1.64. The standard InChI is InChI=1S/C15H14N2O3/c1-2-20-15-9-4-3-6-12(15)11-16-13-7-5-8-14(10-13)17(18)19/h3-11H,2H2,1H3. The fraction of sp³-hybridized carbons (Fsp3) is 0.133.